The maximum Gasteiger partial charge on any atom is 0.412 e. The van der Waals surface area contributed by atoms with E-state index in [1.807, 2.05) is 18.2 Å². The molecule has 0 radical (unpaired) electrons. The van der Waals surface area contributed by atoms with Gasteiger partial charge in [0.1, 0.15) is 6.61 Å². The Bertz CT molecular complexity index is 378. The van der Waals surface area contributed by atoms with E-state index in [0.717, 1.165) is 0 Å². The highest BCUT2D eigenvalue weighted by Gasteiger charge is 2.16. The normalized spacial score (nSPS) is 18.6. The first-order valence-electron chi connectivity index (χ1n) is 4.97. The molecule has 16 heavy (non-hydrogen) atoms. The van der Waals surface area contributed by atoms with Crippen LogP contribution in [0.5, 0.6) is 0 Å². The summed E-state index contributed by atoms with van der Waals surface area (Å²) in [6.07, 6.45) is 0.570. The maximum absolute atomic E-state index is 11.4. The van der Waals surface area contributed by atoms with Gasteiger partial charge in [-0.3, -0.25) is 10.3 Å². The molecule has 1 aliphatic heterocycles. The number of hydrogen-bond acceptors (Lipinski definition) is 4. The number of nitrogens with zero attached hydrogens (tertiary/aromatic N) is 1. The highest BCUT2D eigenvalue weighted by molar-refractivity contribution is 5.84. The van der Waals surface area contributed by atoms with Crippen molar-refractivity contribution in [3.63, 3.8) is 0 Å². The van der Waals surface area contributed by atoms with Crippen LogP contribution in [0.1, 0.15) is 0 Å². The molecule has 0 fully saturated rings. The Morgan fingerprint density at radius 1 is 1.44 bits per heavy atom. The number of benzene rings is 1. The van der Waals surface area contributed by atoms with E-state index in [2.05, 4.69) is 10.3 Å². The fraction of sp³-hybridized carbons (Fsp3) is 0.273. The summed E-state index contributed by atoms with van der Waals surface area (Å²) in [7, 11) is 0. The molecule has 1 unspecified atom stereocenters. The molecular formula is C11H12N2O3. The molecule has 1 atom stereocenters. The highest BCUT2D eigenvalue weighted by atomic mass is 16.6. The molecule has 84 valence electrons. The lowest BCUT2D eigenvalue weighted by molar-refractivity contribution is 0.0706. The van der Waals surface area contributed by atoms with Crippen LogP contribution in [0.3, 0.4) is 0 Å². The first-order valence-corrected chi connectivity index (χ1v) is 4.97. The van der Waals surface area contributed by atoms with Crippen LogP contribution in [0.15, 0.2) is 35.3 Å². The number of carbonyl (C=O) groups is 1. The molecule has 1 aliphatic rings. The summed E-state index contributed by atoms with van der Waals surface area (Å²) in [5.41, 5.74) is 0.702. The minimum absolute atomic E-state index is 0.311. The Hall–Kier alpha value is -2.04. The molecule has 0 aliphatic carbocycles. The number of nitrogens with one attached hydrogen (secondary N) is 1. The standard InChI is InChI=1S/C11H12N2O3/c14-11(13-9-4-2-1-3-5-9)16-10-6-12-8-15-7-10/h1-5,8,10H,6-7H2,(H,13,14). The van der Waals surface area contributed by atoms with Crippen LogP contribution in [0, 0.1) is 0 Å². The fourth-order valence-electron chi connectivity index (χ4n) is 1.31. The van der Waals surface area contributed by atoms with Crippen molar-refractivity contribution < 1.29 is 14.3 Å². The summed E-state index contributed by atoms with van der Waals surface area (Å²) in [5, 5.41) is 2.62. The summed E-state index contributed by atoms with van der Waals surface area (Å²) in [6.45, 7) is 0.800. The van der Waals surface area contributed by atoms with Crippen molar-refractivity contribution in [2.24, 2.45) is 4.99 Å². The lowest BCUT2D eigenvalue weighted by atomic mass is 10.3. The van der Waals surface area contributed by atoms with Crippen molar-refractivity contribution in [1.82, 2.24) is 0 Å². The van der Waals surface area contributed by atoms with Gasteiger partial charge in [0.25, 0.3) is 0 Å². The number of aliphatic imine (C=N–C) groups is 1. The van der Waals surface area contributed by atoms with Crippen molar-refractivity contribution >= 4 is 18.2 Å². The monoisotopic (exact) mass is 220 g/mol. The predicted molar refractivity (Wildman–Crippen MR) is 59.6 cm³/mol. The van der Waals surface area contributed by atoms with Crippen molar-refractivity contribution in [2.75, 3.05) is 18.5 Å². The minimum atomic E-state index is -0.489. The average molecular weight is 220 g/mol. The summed E-state index contributed by atoms with van der Waals surface area (Å²) in [4.78, 5) is 15.3. The smallest absolute Gasteiger partial charge is 0.412 e. The number of amides is 1. The van der Waals surface area contributed by atoms with Crippen LogP contribution in [0.4, 0.5) is 10.5 Å². The van der Waals surface area contributed by atoms with Gasteiger partial charge in [0.05, 0.1) is 6.54 Å². The fourth-order valence-corrected chi connectivity index (χ4v) is 1.31. The molecule has 5 heteroatoms. The van der Waals surface area contributed by atoms with Gasteiger partial charge in [-0.1, -0.05) is 18.2 Å². The average Bonchev–Trinajstić information content (AvgIpc) is 2.31. The zero-order valence-corrected chi connectivity index (χ0v) is 8.63. The molecule has 0 saturated carbocycles. The molecule has 0 bridgehead atoms. The molecule has 1 aromatic rings. The zero-order chi connectivity index (χ0) is 11.2. The van der Waals surface area contributed by atoms with Crippen molar-refractivity contribution in [1.29, 1.82) is 0 Å². The number of carbonyl (C=O) groups excluding carboxylic acids is 1. The van der Waals surface area contributed by atoms with Crippen LogP contribution in [0.2, 0.25) is 0 Å². The Kier molecular flexibility index (Phi) is 3.38. The molecule has 1 N–H and O–H groups in total. The molecule has 2 rings (SSSR count). The summed E-state index contributed by atoms with van der Waals surface area (Å²) >= 11 is 0. The SMILES string of the molecule is O=C(Nc1ccccc1)OC1CN=COC1. The molecular weight excluding hydrogens is 208 g/mol. The third-order valence-electron chi connectivity index (χ3n) is 2.03. The van der Waals surface area contributed by atoms with Crippen LogP contribution in [0.25, 0.3) is 0 Å². The van der Waals surface area contributed by atoms with Gasteiger partial charge in [0.2, 0.25) is 0 Å². The van der Waals surface area contributed by atoms with E-state index in [0.29, 0.717) is 18.8 Å². The third-order valence-corrected chi connectivity index (χ3v) is 2.03. The second-order valence-electron chi connectivity index (χ2n) is 3.32. The van der Waals surface area contributed by atoms with Gasteiger partial charge in [0.15, 0.2) is 12.5 Å². The molecule has 1 heterocycles. The van der Waals surface area contributed by atoms with Gasteiger partial charge >= 0.3 is 6.09 Å². The quantitative estimate of drug-likeness (QED) is 0.824. The molecule has 0 spiro atoms. The highest BCUT2D eigenvalue weighted by Crippen LogP contribution is 2.07. The minimum Gasteiger partial charge on any atom is -0.480 e. The lowest BCUT2D eigenvalue weighted by Gasteiger charge is -2.18. The number of ether oxygens (including phenoxy) is 2. The van der Waals surface area contributed by atoms with E-state index in [-0.39, 0.29) is 6.10 Å². The molecule has 0 aromatic heterocycles. The summed E-state index contributed by atoms with van der Waals surface area (Å²) in [5.74, 6) is 0. The van der Waals surface area contributed by atoms with E-state index < -0.39 is 6.09 Å². The number of anilines is 1. The van der Waals surface area contributed by atoms with Crippen molar-refractivity contribution in [3.05, 3.63) is 30.3 Å². The number of para-hydroxylation sites is 1. The van der Waals surface area contributed by atoms with Crippen LogP contribution < -0.4 is 5.32 Å². The Morgan fingerprint density at radius 2 is 2.25 bits per heavy atom. The van der Waals surface area contributed by atoms with E-state index in [1.165, 1.54) is 6.40 Å². The van der Waals surface area contributed by atoms with Gasteiger partial charge in [0, 0.05) is 5.69 Å². The molecule has 1 aromatic carbocycles. The first kappa shape index (κ1) is 10.5. The molecule has 0 saturated heterocycles. The van der Waals surface area contributed by atoms with E-state index in [9.17, 15) is 4.79 Å². The van der Waals surface area contributed by atoms with E-state index in [4.69, 9.17) is 9.47 Å². The largest absolute Gasteiger partial charge is 0.480 e. The van der Waals surface area contributed by atoms with Crippen LogP contribution in [-0.4, -0.2) is 31.7 Å². The number of rotatable bonds is 2. The summed E-state index contributed by atoms with van der Waals surface area (Å²) < 4.78 is 10.0. The predicted octanol–water partition coefficient (Wildman–Crippen LogP) is 1.66. The van der Waals surface area contributed by atoms with Crippen molar-refractivity contribution in [2.45, 2.75) is 6.10 Å². The van der Waals surface area contributed by atoms with Crippen LogP contribution in [-0.2, 0) is 9.47 Å². The van der Waals surface area contributed by atoms with E-state index >= 15 is 0 Å². The first-order chi connectivity index (χ1) is 7.84. The second kappa shape index (κ2) is 5.16. The van der Waals surface area contributed by atoms with Crippen LogP contribution >= 0.6 is 0 Å². The zero-order valence-electron chi connectivity index (χ0n) is 8.63. The summed E-state index contributed by atoms with van der Waals surface area (Å²) in [6, 6.07) is 9.13. The van der Waals surface area contributed by atoms with Gasteiger partial charge in [-0.25, -0.2) is 4.79 Å². The van der Waals surface area contributed by atoms with Gasteiger partial charge in [-0.2, -0.15) is 0 Å². The second-order valence-corrected chi connectivity index (χ2v) is 3.32. The Labute approximate surface area is 93.1 Å². The molecule has 5 nitrogen and oxygen atoms in total. The maximum atomic E-state index is 11.4. The Morgan fingerprint density at radius 3 is 2.94 bits per heavy atom. The van der Waals surface area contributed by atoms with E-state index in [1.54, 1.807) is 12.1 Å². The topological polar surface area (TPSA) is 59.9 Å². The van der Waals surface area contributed by atoms with Gasteiger partial charge in [-0.05, 0) is 12.1 Å². The van der Waals surface area contributed by atoms with Gasteiger partial charge in [-0.15, -0.1) is 0 Å². The van der Waals surface area contributed by atoms with Gasteiger partial charge < -0.3 is 9.47 Å². The molecule has 1 amide bonds. The number of hydrogen-bond donors (Lipinski definition) is 1. The van der Waals surface area contributed by atoms with Crippen molar-refractivity contribution in [3.8, 4) is 0 Å². The Balaban J connectivity index is 1.82. The lowest BCUT2D eigenvalue weighted by Crippen LogP contribution is -2.31. The third kappa shape index (κ3) is 2.98.